The van der Waals surface area contributed by atoms with Gasteiger partial charge in [-0.2, -0.15) is 4.31 Å². The molecule has 0 aliphatic carbocycles. The Labute approximate surface area is 195 Å². The van der Waals surface area contributed by atoms with Crippen LogP contribution in [0.15, 0.2) is 51.1 Å². The zero-order chi connectivity index (χ0) is 22.2. The van der Waals surface area contributed by atoms with Gasteiger partial charge in [-0.15, -0.1) is 11.3 Å². The van der Waals surface area contributed by atoms with E-state index in [-0.39, 0.29) is 4.90 Å². The van der Waals surface area contributed by atoms with Gasteiger partial charge in [0.15, 0.2) is 5.13 Å². The average molecular weight is 522 g/mol. The second-order valence-corrected chi connectivity index (χ2v) is 11.2. The number of thiazole rings is 1. The van der Waals surface area contributed by atoms with Gasteiger partial charge in [0.2, 0.25) is 10.0 Å². The summed E-state index contributed by atoms with van der Waals surface area (Å²) in [6.45, 7) is 6.15. The third-order valence-corrected chi connectivity index (χ3v) is 8.73. The second kappa shape index (κ2) is 8.90. The topological polar surface area (TPSA) is 62.7 Å². The number of nitrogens with zero attached hydrogens (tertiary/aromatic N) is 3. The Morgan fingerprint density at radius 2 is 1.81 bits per heavy atom. The average Bonchev–Trinajstić information content (AvgIpc) is 3.25. The fourth-order valence-corrected chi connectivity index (χ4v) is 6.65. The summed E-state index contributed by atoms with van der Waals surface area (Å²) in [4.78, 5) is 7.18. The maximum atomic E-state index is 13.2. The van der Waals surface area contributed by atoms with Crippen LogP contribution in [-0.2, 0) is 10.0 Å². The third-order valence-electron chi connectivity index (χ3n) is 5.41. The van der Waals surface area contributed by atoms with Gasteiger partial charge in [-0.3, -0.25) is 0 Å². The number of halogens is 1. The maximum Gasteiger partial charge on any atom is 0.246 e. The Hall–Kier alpha value is -1.94. The van der Waals surface area contributed by atoms with Crippen LogP contribution in [-0.4, -0.2) is 51.0 Å². The van der Waals surface area contributed by atoms with Gasteiger partial charge in [0.25, 0.3) is 0 Å². The lowest BCUT2D eigenvalue weighted by atomic mass is 10.0. The molecule has 0 spiro atoms. The number of aryl methyl sites for hydroxylation is 2. The van der Waals surface area contributed by atoms with Crippen molar-refractivity contribution >= 4 is 42.4 Å². The molecule has 0 N–H and O–H groups in total. The predicted molar refractivity (Wildman–Crippen MR) is 129 cm³/mol. The molecule has 6 nitrogen and oxygen atoms in total. The molecule has 0 unspecified atom stereocenters. The molecule has 2 aromatic carbocycles. The van der Waals surface area contributed by atoms with Crippen molar-refractivity contribution in [3.05, 3.63) is 57.4 Å². The molecule has 0 saturated carbocycles. The molecule has 1 aliphatic heterocycles. The number of hydrogen-bond donors (Lipinski definition) is 0. The number of anilines is 1. The molecule has 31 heavy (non-hydrogen) atoms. The van der Waals surface area contributed by atoms with Crippen LogP contribution in [0.5, 0.6) is 5.75 Å². The highest BCUT2D eigenvalue weighted by Gasteiger charge is 2.31. The van der Waals surface area contributed by atoms with E-state index in [0.29, 0.717) is 36.4 Å². The fraction of sp³-hybridized carbons (Fsp3) is 0.318. The predicted octanol–water partition coefficient (Wildman–Crippen LogP) is 4.71. The van der Waals surface area contributed by atoms with Crippen LogP contribution in [0.3, 0.4) is 0 Å². The number of methoxy groups -OCH3 is 1. The Morgan fingerprint density at radius 1 is 1.06 bits per heavy atom. The first-order chi connectivity index (χ1) is 14.8. The standard InChI is InChI=1S/C22H24BrN3O3S2/c1-15-4-5-16(2)18(12-15)19-14-30-22(24-19)25-8-10-26(11-9-25)31(27,28)21-13-17(23)6-7-20(21)29-3/h4-7,12-14H,8-11H2,1-3H3. The van der Waals surface area contributed by atoms with Gasteiger partial charge in [0, 0.05) is 41.6 Å². The Bertz CT molecular complexity index is 1200. The highest BCUT2D eigenvalue weighted by atomic mass is 79.9. The Morgan fingerprint density at radius 3 is 2.52 bits per heavy atom. The summed E-state index contributed by atoms with van der Waals surface area (Å²) in [5.41, 5.74) is 4.51. The smallest absolute Gasteiger partial charge is 0.246 e. The zero-order valence-corrected chi connectivity index (χ0v) is 20.8. The Balaban J connectivity index is 1.50. The van der Waals surface area contributed by atoms with Crippen LogP contribution >= 0.6 is 27.3 Å². The number of benzene rings is 2. The highest BCUT2D eigenvalue weighted by Crippen LogP contribution is 2.33. The van der Waals surface area contributed by atoms with Crippen LogP contribution in [0.1, 0.15) is 11.1 Å². The lowest BCUT2D eigenvalue weighted by Gasteiger charge is -2.34. The van der Waals surface area contributed by atoms with E-state index in [1.807, 2.05) is 0 Å². The summed E-state index contributed by atoms with van der Waals surface area (Å²) in [5.74, 6) is 0.351. The molecule has 1 saturated heterocycles. The molecule has 2 heterocycles. The fourth-order valence-electron chi connectivity index (χ4n) is 3.66. The van der Waals surface area contributed by atoms with Crippen molar-refractivity contribution in [2.75, 3.05) is 38.2 Å². The summed E-state index contributed by atoms with van der Waals surface area (Å²) >= 11 is 4.96. The molecule has 1 aliphatic rings. The highest BCUT2D eigenvalue weighted by molar-refractivity contribution is 9.10. The van der Waals surface area contributed by atoms with Crippen molar-refractivity contribution in [3.63, 3.8) is 0 Å². The van der Waals surface area contributed by atoms with Crippen LogP contribution in [0.2, 0.25) is 0 Å². The van der Waals surface area contributed by atoms with Gasteiger partial charge < -0.3 is 9.64 Å². The largest absolute Gasteiger partial charge is 0.495 e. The quantitative estimate of drug-likeness (QED) is 0.486. The van der Waals surface area contributed by atoms with Gasteiger partial charge in [0.1, 0.15) is 10.6 Å². The van der Waals surface area contributed by atoms with E-state index in [4.69, 9.17) is 9.72 Å². The minimum absolute atomic E-state index is 0.185. The van der Waals surface area contributed by atoms with Gasteiger partial charge in [-0.1, -0.05) is 33.6 Å². The van der Waals surface area contributed by atoms with Gasteiger partial charge in [0.05, 0.1) is 12.8 Å². The normalized spacial score (nSPS) is 15.3. The van der Waals surface area contributed by atoms with Crippen LogP contribution < -0.4 is 9.64 Å². The molecule has 164 valence electrons. The van der Waals surface area contributed by atoms with E-state index in [1.54, 1.807) is 29.5 Å². The summed E-state index contributed by atoms with van der Waals surface area (Å²) < 4.78 is 33.9. The van der Waals surface area contributed by atoms with Crippen molar-refractivity contribution in [1.82, 2.24) is 9.29 Å². The van der Waals surface area contributed by atoms with Crippen LogP contribution in [0, 0.1) is 13.8 Å². The van der Waals surface area contributed by atoms with Crippen molar-refractivity contribution < 1.29 is 13.2 Å². The molecule has 0 bridgehead atoms. The molecular formula is C22H24BrN3O3S2. The van der Waals surface area contributed by atoms with Crippen LogP contribution in [0.4, 0.5) is 5.13 Å². The molecule has 0 amide bonds. The molecule has 3 aromatic rings. The molecular weight excluding hydrogens is 498 g/mol. The van der Waals surface area contributed by atoms with E-state index in [0.717, 1.165) is 16.4 Å². The number of sulfonamides is 1. The zero-order valence-electron chi connectivity index (χ0n) is 17.6. The third kappa shape index (κ3) is 4.50. The van der Waals surface area contributed by atoms with Gasteiger partial charge in [-0.25, -0.2) is 13.4 Å². The first-order valence-corrected chi connectivity index (χ1v) is 13.0. The van der Waals surface area contributed by atoms with Crippen molar-refractivity contribution in [3.8, 4) is 17.0 Å². The van der Waals surface area contributed by atoms with Gasteiger partial charge in [-0.05, 0) is 43.7 Å². The van der Waals surface area contributed by atoms with Crippen molar-refractivity contribution in [2.45, 2.75) is 18.7 Å². The number of hydrogen-bond acceptors (Lipinski definition) is 6. The number of aromatic nitrogens is 1. The first kappa shape index (κ1) is 22.3. The SMILES string of the molecule is COc1ccc(Br)cc1S(=O)(=O)N1CCN(c2nc(-c3cc(C)ccc3C)cs2)CC1. The summed E-state index contributed by atoms with van der Waals surface area (Å²) in [6.07, 6.45) is 0. The maximum absolute atomic E-state index is 13.2. The molecule has 4 rings (SSSR count). The minimum atomic E-state index is -3.65. The first-order valence-electron chi connectivity index (χ1n) is 9.91. The minimum Gasteiger partial charge on any atom is -0.495 e. The summed E-state index contributed by atoms with van der Waals surface area (Å²) in [7, 11) is -2.16. The van der Waals surface area contributed by atoms with E-state index in [9.17, 15) is 8.42 Å². The van der Waals surface area contributed by atoms with Crippen LogP contribution in [0.25, 0.3) is 11.3 Å². The number of ether oxygens (including phenoxy) is 1. The lowest BCUT2D eigenvalue weighted by molar-refractivity contribution is 0.374. The molecule has 0 radical (unpaired) electrons. The molecule has 1 fully saturated rings. The number of piperazine rings is 1. The van der Waals surface area contributed by atoms with E-state index in [2.05, 4.69) is 58.3 Å². The lowest BCUT2D eigenvalue weighted by Crippen LogP contribution is -2.48. The second-order valence-electron chi connectivity index (χ2n) is 7.52. The van der Waals surface area contributed by atoms with E-state index >= 15 is 0 Å². The van der Waals surface area contributed by atoms with Gasteiger partial charge >= 0.3 is 0 Å². The molecule has 0 atom stereocenters. The number of rotatable bonds is 5. The van der Waals surface area contributed by atoms with E-state index in [1.165, 1.54) is 22.5 Å². The Kier molecular flexibility index (Phi) is 6.39. The van der Waals surface area contributed by atoms with E-state index < -0.39 is 10.0 Å². The summed E-state index contributed by atoms with van der Waals surface area (Å²) in [6, 6.07) is 11.4. The molecule has 9 heteroatoms. The summed E-state index contributed by atoms with van der Waals surface area (Å²) in [5, 5.41) is 3.00. The molecule has 1 aromatic heterocycles. The van der Waals surface area contributed by atoms with Crippen molar-refractivity contribution in [1.29, 1.82) is 0 Å². The monoisotopic (exact) mass is 521 g/mol. The van der Waals surface area contributed by atoms with Crippen molar-refractivity contribution in [2.24, 2.45) is 0 Å².